The van der Waals surface area contributed by atoms with Crippen LogP contribution in [0.15, 0.2) is 0 Å². The zero-order chi connectivity index (χ0) is 9.68. The van der Waals surface area contributed by atoms with Crippen LogP contribution < -0.4 is 5.73 Å². The fourth-order valence-electron chi connectivity index (χ4n) is 1.37. The summed E-state index contributed by atoms with van der Waals surface area (Å²) in [7, 11) is 0. The van der Waals surface area contributed by atoms with Crippen LogP contribution in [0.1, 0.15) is 32.6 Å². The molecule has 1 saturated heterocycles. The largest absolute Gasteiger partial charge is 0.367 e. The Morgan fingerprint density at radius 3 is 2.92 bits per heavy atom. The number of hydrogen-bond acceptors (Lipinski definition) is 3. The molecule has 1 amide bonds. The summed E-state index contributed by atoms with van der Waals surface area (Å²) in [5.74, 6) is -0.406. The predicted molar refractivity (Wildman–Crippen MR) is 47.9 cm³/mol. The molecule has 2 atom stereocenters. The summed E-state index contributed by atoms with van der Waals surface area (Å²) in [6, 6.07) is 0. The van der Waals surface area contributed by atoms with E-state index in [4.69, 9.17) is 15.2 Å². The second kappa shape index (κ2) is 5.19. The molecule has 2 unspecified atom stereocenters. The van der Waals surface area contributed by atoms with Gasteiger partial charge in [-0.1, -0.05) is 6.92 Å². The second-order valence-corrected chi connectivity index (χ2v) is 3.23. The Morgan fingerprint density at radius 1 is 1.69 bits per heavy atom. The van der Waals surface area contributed by atoms with Crippen LogP contribution >= 0.6 is 0 Å². The monoisotopic (exact) mass is 187 g/mol. The van der Waals surface area contributed by atoms with Crippen LogP contribution in [0, 0.1) is 0 Å². The molecule has 0 aromatic rings. The standard InChI is InChI=1S/C9H17NO3/c1-2-7(9(10)11)13-8-5-3-4-6-12-8/h7-8H,2-6H2,1H3,(H2,10,11). The summed E-state index contributed by atoms with van der Waals surface area (Å²) in [6.45, 7) is 2.60. The number of hydrogen-bond donors (Lipinski definition) is 1. The minimum absolute atomic E-state index is 0.230. The van der Waals surface area contributed by atoms with E-state index < -0.39 is 12.0 Å². The number of amides is 1. The topological polar surface area (TPSA) is 61.6 Å². The SMILES string of the molecule is CCC(OC1CCCCO1)C(N)=O. The van der Waals surface area contributed by atoms with Crippen LogP contribution in [0.4, 0.5) is 0 Å². The fraction of sp³-hybridized carbons (Fsp3) is 0.889. The number of carbonyl (C=O) groups is 1. The van der Waals surface area contributed by atoms with E-state index >= 15 is 0 Å². The van der Waals surface area contributed by atoms with Crippen molar-refractivity contribution in [2.24, 2.45) is 5.73 Å². The van der Waals surface area contributed by atoms with Crippen molar-refractivity contribution in [3.05, 3.63) is 0 Å². The summed E-state index contributed by atoms with van der Waals surface area (Å²) in [4.78, 5) is 10.8. The van der Waals surface area contributed by atoms with Gasteiger partial charge in [-0.25, -0.2) is 0 Å². The van der Waals surface area contributed by atoms with Crippen LogP contribution in [0.5, 0.6) is 0 Å². The maximum Gasteiger partial charge on any atom is 0.246 e. The number of ether oxygens (including phenoxy) is 2. The highest BCUT2D eigenvalue weighted by atomic mass is 16.7. The number of carbonyl (C=O) groups excluding carboxylic acids is 1. The minimum atomic E-state index is -0.497. The first-order chi connectivity index (χ1) is 6.24. The van der Waals surface area contributed by atoms with Crippen LogP contribution in [-0.2, 0) is 14.3 Å². The molecule has 1 aliphatic heterocycles. The third kappa shape index (κ3) is 3.32. The van der Waals surface area contributed by atoms with Crippen LogP contribution in [0.3, 0.4) is 0 Å². The lowest BCUT2D eigenvalue weighted by Gasteiger charge is -2.25. The lowest BCUT2D eigenvalue weighted by Crippen LogP contribution is -2.36. The van der Waals surface area contributed by atoms with Gasteiger partial charge in [-0.05, 0) is 25.7 Å². The molecular formula is C9H17NO3. The average molecular weight is 187 g/mol. The van der Waals surface area contributed by atoms with E-state index in [1.165, 1.54) is 0 Å². The first-order valence-electron chi connectivity index (χ1n) is 4.80. The Kier molecular flexibility index (Phi) is 4.18. The number of rotatable bonds is 4. The first-order valence-corrected chi connectivity index (χ1v) is 4.80. The van der Waals surface area contributed by atoms with Crippen LogP contribution in [0.2, 0.25) is 0 Å². The third-order valence-electron chi connectivity index (χ3n) is 2.14. The van der Waals surface area contributed by atoms with E-state index in [0.29, 0.717) is 6.42 Å². The van der Waals surface area contributed by atoms with Gasteiger partial charge >= 0.3 is 0 Å². The predicted octanol–water partition coefficient (Wildman–Crippen LogP) is 0.793. The normalized spacial score (nSPS) is 25.5. The zero-order valence-corrected chi connectivity index (χ0v) is 7.99. The fourth-order valence-corrected chi connectivity index (χ4v) is 1.37. The van der Waals surface area contributed by atoms with Crippen molar-refractivity contribution in [1.82, 2.24) is 0 Å². The molecule has 4 nitrogen and oxygen atoms in total. The van der Waals surface area contributed by atoms with Crippen molar-refractivity contribution < 1.29 is 14.3 Å². The molecule has 1 fully saturated rings. The van der Waals surface area contributed by atoms with E-state index in [1.54, 1.807) is 0 Å². The van der Waals surface area contributed by atoms with E-state index in [1.807, 2.05) is 6.92 Å². The average Bonchev–Trinajstić information content (AvgIpc) is 2.15. The minimum Gasteiger partial charge on any atom is -0.367 e. The molecular weight excluding hydrogens is 170 g/mol. The highest BCUT2D eigenvalue weighted by Crippen LogP contribution is 2.16. The van der Waals surface area contributed by atoms with Crippen molar-refractivity contribution >= 4 is 5.91 Å². The van der Waals surface area contributed by atoms with E-state index in [0.717, 1.165) is 25.9 Å². The second-order valence-electron chi connectivity index (χ2n) is 3.23. The molecule has 2 N–H and O–H groups in total. The van der Waals surface area contributed by atoms with Gasteiger partial charge in [-0.15, -0.1) is 0 Å². The Balaban J connectivity index is 2.31. The zero-order valence-electron chi connectivity index (χ0n) is 7.99. The third-order valence-corrected chi connectivity index (χ3v) is 2.14. The molecule has 0 radical (unpaired) electrons. The molecule has 1 heterocycles. The summed E-state index contributed by atoms with van der Waals surface area (Å²) in [6.07, 6.45) is 2.92. The Bertz CT molecular complexity index is 166. The van der Waals surface area contributed by atoms with Crippen molar-refractivity contribution in [1.29, 1.82) is 0 Å². The van der Waals surface area contributed by atoms with Crippen molar-refractivity contribution in [3.8, 4) is 0 Å². The van der Waals surface area contributed by atoms with Gasteiger partial charge in [0.25, 0.3) is 0 Å². The molecule has 1 aliphatic rings. The maximum absolute atomic E-state index is 10.8. The van der Waals surface area contributed by atoms with Gasteiger partial charge in [-0.3, -0.25) is 4.79 Å². The van der Waals surface area contributed by atoms with Crippen LogP contribution in [-0.4, -0.2) is 24.9 Å². The van der Waals surface area contributed by atoms with Gasteiger partial charge in [0.2, 0.25) is 5.91 Å². The molecule has 0 saturated carbocycles. The molecule has 13 heavy (non-hydrogen) atoms. The van der Waals surface area contributed by atoms with E-state index in [9.17, 15) is 4.79 Å². The summed E-state index contributed by atoms with van der Waals surface area (Å²) in [5.41, 5.74) is 5.14. The lowest BCUT2D eigenvalue weighted by atomic mass is 10.2. The lowest BCUT2D eigenvalue weighted by molar-refractivity contribution is -0.191. The highest BCUT2D eigenvalue weighted by Gasteiger charge is 2.21. The van der Waals surface area contributed by atoms with Gasteiger partial charge in [0.05, 0.1) is 0 Å². The number of nitrogens with two attached hydrogens (primary N) is 1. The van der Waals surface area contributed by atoms with Gasteiger partial charge in [0, 0.05) is 6.61 Å². The smallest absolute Gasteiger partial charge is 0.246 e. The number of primary amides is 1. The van der Waals surface area contributed by atoms with E-state index in [-0.39, 0.29) is 6.29 Å². The molecule has 0 aliphatic carbocycles. The van der Waals surface area contributed by atoms with Crippen molar-refractivity contribution in [2.45, 2.75) is 45.0 Å². The quantitative estimate of drug-likeness (QED) is 0.708. The van der Waals surface area contributed by atoms with Crippen LogP contribution in [0.25, 0.3) is 0 Å². The summed E-state index contributed by atoms with van der Waals surface area (Å²) >= 11 is 0. The molecule has 76 valence electrons. The molecule has 0 aromatic carbocycles. The van der Waals surface area contributed by atoms with Crippen molar-refractivity contribution in [3.63, 3.8) is 0 Å². The Hall–Kier alpha value is -0.610. The highest BCUT2D eigenvalue weighted by molar-refractivity contribution is 5.78. The van der Waals surface area contributed by atoms with Gasteiger partial charge in [0.1, 0.15) is 6.10 Å². The summed E-state index contributed by atoms with van der Waals surface area (Å²) in [5, 5.41) is 0. The molecule has 0 spiro atoms. The molecule has 0 bridgehead atoms. The van der Waals surface area contributed by atoms with E-state index in [2.05, 4.69) is 0 Å². The first kappa shape index (κ1) is 10.5. The Morgan fingerprint density at radius 2 is 2.46 bits per heavy atom. The van der Waals surface area contributed by atoms with Gasteiger partial charge < -0.3 is 15.2 Å². The van der Waals surface area contributed by atoms with Gasteiger partial charge in [0.15, 0.2) is 6.29 Å². The molecule has 4 heteroatoms. The van der Waals surface area contributed by atoms with Gasteiger partial charge in [-0.2, -0.15) is 0 Å². The molecule has 1 rings (SSSR count). The molecule has 0 aromatic heterocycles. The Labute approximate surface area is 78.4 Å². The maximum atomic E-state index is 10.8. The summed E-state index contributed by atoms with van der Waals surface area (Å²) < 4.78 is 10.7. The van der Waals surface area contributed by atoms with Crippen molar-refractivity contribution in [2.75, 3.05) is 6.61 Å².